The van der Waals surface area contributed by atoms with Crippen molar-refractivity contribution in [1.29, 1.82) is 0 Å². The zero-order chi connectivity index (χ0) is 24.7. The highest BCUT2D eigenvalue weighted by molar-refractivity contribution is 6.02. The fraction of sp³-hybridized carbons (Fsp3) is 0.654. The molecule has 3 fully saturated rings. The SMILES string of the molecule is CCCCNC(=O)C1N([C@@H](CO)C(C)C)C(=O)[C@@H]2[C@@H](C(=O)Nc3ccccc3)[C@@]3(C)CCC12O3. The van der Waals surface area contributed by atoms with Crippen molar-refractivity contribution in [3.8, 4) is 0 Å². The monoisotopic (exact) mass is 471 g/mol. The Kier molecular flexibility index (Phi) is 6.75. The Bertz CT molecular complexity index is 938. The number of rotatable bonds is 9. The number of unbranched alkanes of at least 4 members (excludes halogenated alkanes) is 1. The number of carbonyl (C=O) groups is 3. The van der Waals surface area contributed by atoms with E-state index in [4.69, 9.17) is 4.74 Å². The molecule has 1 aromatic rings. The van der Waals surface area contributed by atoms with Crippen molar-refractivity contribution >= 4 is 23.4 Å². The zero-order valence-electron chi connectivity index (χ0n) is 20.5. The van der Waals surface area contributed by atoms with Crippen LogP contribution in [0.2, 0.25) is 0 Å². The van der Waals surface area contributed by atoms with Crippen LogP contribution in [0.1, 0.15) is 53.4 Å². The van der Waals surface area contributed by atoms with Crippen LogP contribution in [0.5, 0.6) is 0 Å². The number of benzene rings is 1. The predicted molar refractivity (Wildman–Crippen MR) is 128 cm³/mol. The van der Waals surface area contributed by atoms with Crippen LogP contribution >= 0.6 is 0 Å². The Morgan fingerprint density at radius 2 is 1.91 bits per heavy atom. The number of aliphatic hydroxyl groups is 1. The lowest BCUT2D eigenvalue weighted by Crippen LogP contribution is -2.59. The molecule has 2 unspecified atom stereocenters. The first-order valence-corrected chi connectivity index (χ1v) is 12.5. The number of fused-ring (bicyclic) bond motifs is 1. The lowest BCUT2D eigenvalue weighted by atomic mass is 9.66. The number of hydrogen-bond donors (Lipinski definition) is 3. The van der Waals surface area contributed by atoms with E-state index in [1.165, 1.54) is 4.90 Å². The molecular formula is C26H37N3O5. The van der Waals surface area contributed by atoms with E-state index >= 15 is 0 Å². The topological polar surface area (TPSA) is 108 Å². The molecule has 3 aliphatic rings. The van der Waals surface area contributed by atoms with Gasteiger partial charge in [0.25, 0.3) is 0 Å². The van der Waals surface area contributed by atoms with Crippen LogP contribution in [0.4, 0.5) is 5.69 Å². The zero-order valence-corrected chi connectivity index (χ0v) is 20.5. The van der Waals surface area contributed by atoms with Crippen LogP contribution in [-0.4, -0.2) is 64.2 Å². The highest BCUT2D eigenvalue weighted by Gasteiger charge is 2.78. The molecule has 6 atom stereocenters. The summed E-state index contributed by atoms with van der Waals surface area (Å²) in [5.74, 6) is -2.39. The van der Waals surface area contributed by atoms with E-state index in [2.05, 4.69) is 10.6 Å². The molecule has 1 spiro atoms. The van der Waals surface area contributed by atoms with Gasteiger partial charge in [-0.15, -0.1) is 0 Å². The Morgan fingerprint density at radius 3 is 2.53 bits per heavy atom. The molecule has 3 saturated heterocycles. The molecule has 3 N–H and O–H groups in total. The maximum Gasteiger partial charge on any atom is 0.245 e. The van der Waals surface area contributed by atoms with Gasteiger partial charge in [-0.25, -0.2) is 0 Å². The lowest BCUT2D eigenvalue weighted by Gasteiger charge is -2.38. The van der Waals surface area contributed by atoms with Crippen LogP contribution in [-0.2, 0) is 19.1 Å². The third-order valence-corrected chi connectivity index (χ3v) is 7.93. The molecule has 1 aromatic carbocycles. The predicted octanol–water partition coefficient (Wildman–Crippen LogP) is 2.32. The maximum atomic E-state index is 14.0. The molecule has 3 amide bonds. The summed E-state index contributed by atoms with van der Waals surface area (Å²) in [7, 11) is 0. The summed E-state index contributed by atoms with van der Waals surface area (Å²) in [5, 5.41) is 16.1. The number of nitrogens with zero attached hydrogens (tertiary/aromatic N) is 1. The average molecular weight is 472 g/mol. The number of ether oxygens (including phenoxy) is 1. The summed E-state index contributed by atoms with van der Waals surface area (Å²) < 4.78 is 6.59. The van der Waals surface area contributed by atoms with Gasteiger partial charge < -0.3 is 25.4 Å². The van der Waals surface area contributed by atoms with Crippen molar-refractivity contribution in [2.45, 2.75) is 76.7 Å². The van der Waals surface area contributed by atoms with Gasteiger partial charge in [-0.3, -0.25) is 14.4 Å². The quantitative estimate of drug-likeness (QED) is 0.479. The molecule has 3 heterocycles. The summed E-state index contributed by atoms with van der Waals surface area (Å²) in [5.41, 5.74) is -1.26. The highest BCUT2D eigenvalue weighted by atomic mass is 16.5. The van der Waals surface area contributed by atoms with Crippen LogP contribution < -0.4 is 10.6 Å². The van der Waals surface area contributed by atoms with E-state index in [1.807, 2.05) is 45.9 Å². The van der Waals surface area contributed by atoms with Gasteiger partial charge in [0.2, 0.25) is 17.7 Å². The second kappa shape index (κ2) is 9.30. The number of para-hydroxylation sites is 1. The first-order chi connectivity index (χ1) is 16.2. The van der Waals surface area contributed by atoms with E-state index in [1.54, 1.807) is 12.1 Å². The summed E-state index contributed by atoms with van der Waals surface area (Å²) >= 11 is 0. The number of anilines is 1. The summed E-state index contributed by atoms with van der Waals surface area (Å²) in [6.45, 7) is 8.02. The normalized spacial score (nSPS) is 32.7. The standard InChI is InChI=1S/C26H37N3O5/c1-5-6-14-27-23(32)21-26-13-12-25(4,34-26)19(22(31)28-17-10-8-7-9-11-17)20(26)24(33)29(21)18(15-30)16(2)3/h7-11,16,18-21,30H,5-6,12-15H2,1-4H3,(H,27,32)(H,28,31)/t18-,19-,20-,21?,25+,26?/m0/s1. The van der Waals surface area contributed by atoms with Crippen molar-refractivity contribution in [1.82, 2.24) is 10.2 Å². The van der Waals surface area contributed by atoms with Crippen LogP contribution in [0.15, 0.2) is 30.3 Å². The Morgan fingerprint density at radius 1 is 1.21 bits per heavy atom. The molecule has 8 heteroatoms. The molecule has 0 radical (unpaired) electrons. The van der Waals surface area contributed by atoms with Crippen molar-refractivity contribution < 1.29 is 24.2 Å². The molecular weight excluding hydrogens is 434 g/mol. The maximum absolute atomic E-state index is 14.0. The van der Waals surface area contributed by atoms with E-state index in [9.17, 15) is 19.5 Å². The van der Waals surface area contributed by atoms with Gasteiger partial charge in [0.05, 0.1) is 30.1 Å². The Balaban J connectivity index is 1.72. The van der Waals surface area contributed by atoms with Gasteiger partial charge in [0.1, 0.15) is 11.6 Å². The van der Waals surface area contributed by atoms with Gasteiger partial charge >= 0.3 is 0 Å². The average Bonchev–Trinajstić information content (AvgIpc) is 3.36. The molecule has 0 saturated carbocycles. The minimum absolute atomic E-state index is 0.0699. The summed E-state index contributed by atoms with van der Waals surface area (Å²) in [4.78, 5) is 42.6. The molecule has 4 rings (SSSR count). The molecule has 8 nitrogen and oxygen atoms in total. The van der Waals surface area contributed by atoms with Crippen molar-refractivity contribution in [2.75, 3.05) is 18.5 Å². The number of aliphatic hydroxyl groups excluding tert-OH is 1. The van der Waals surface area contributed by atoms with Gasteiger partial charge in [-0.1, -0.05) is 45.4 Å². The molecule has 2 bridgehead atoms. The Labute approximate surface area is 201 Å². The lowest BCUT2D eigenvalue weighted by molar-refractivity contribution is -0.150. The molecule has 34 heavy (non-hydrogen) atoms. The number of likely N-dealkylation sites (tertiary alicyclic amines) is 1. The summed E-state index contributed by atoms with van der Waals surface area (Å²) in [6, 6.07) is 7.73. The molecule has 0 aliphatic carbocycles. The van der Waals surface area contributed by atoms with Crippen molar-refractivity contribution in [3.63, 3.8) is 0 Å². The van der Waals surface area contributed by atoms with Crippen molar-refractivity contribution in [2.24, 2.45) is 17.8 Å². The van der Waals surface area contributed by atoms with Gasteiger partial charge in [0.15, 0.2) is 0 Å². The number of amides is 3. The smallest absolute Gasteiger partial charge is 0.245 e. The fourth-order valence-electron chi connectivity index (χ4n) is 6.27. The van der Waals surface area contributed by atoms with Crippen LogP contribution in [0, 0.1) is 17.8 Å². The van der Waals surface area contributed by atoms with Gasteiger partial charge in [-0.2, -0.15) is 0 Å². The third kappa shape index (κ3) is 3.81. The largest absolute Gasteiger partial charge is 0.394 e. The van der Waals surface area contributed by atoms with Crippen molar-refractivity contribution in [3.05, 3.63) is 30.3 Å². The van der Waals surface area contributed by atoms with Gasteiger partial charge in [0, 0.05) is 12.2 Å². The van der Waals surface area contributed by atoms with E-state index in [0.717, 1.165) is 12.8 Å². The second-order valence-electron chi connectivity index (χ2n) is 10.5. The molecule has 186 valence electrons. The first kappa shape index (κ1) is 24.7. The van der Waals surface area contributed by atoms with Crippen LogP contribution in [0.3, 0.4) is 0 Å². The number of nitrogens with one attached hydrogen (secondary N) is 2. The summed E-state index contributed by atoms with van der Waals surface area (Å²) in [6.07, 6.45) is 2.87. The number of carbonyl (C=O) groups excluding carboxylic acids is 3. The third-order valence-electron chi connectivity index (χ3n) is 7.93. The second-order valence-corrected chi connectivity index (χ2v) is 10.5. The Hall–Kier alpha value is -2.45. The minimum atomic E-state index is -1.08. The number of hydrogen-bond acceptors (Lipinski definition) is 5. The molecule has 0 aromatic heterocycles. The molecule has 3 aliphatic heterocycles. The van der Waals surface area contributed by atoms with E-state index < -0.39 is 35.1 Å². The van der Waals surface area contributed by atoms with E-state index in [-0.39, 0.29) is 30.2 Å². The van der Waals surface area contributed by atoms with Gasteiger partial charge in [-0.05, 0) is 44.2 Å². The fourth-order valence-corrected chi connectivity index (χ4v) is 6.27. The van der Waals surface area contributed by atoms with E-state index in [0.29, 0.717) is 25.1 Å². The first-order valence-electron chi connectivity index (χ1n) is 12.5. The highest BCUT2D eigenvalue weighted by Crippen LogP contribution is 2.63. The minimum Gasteiger partial charge on any atom is -0.394 e. The van der Waals surface area contributed by atoms with Crippen LogP contribution in [0.25, 0.3) is 0 Å².